The molecule has 21 heavy (non-hydrogen) atoms. The first-order chi connectivity index (χ1) is 9.76. The molecule has 3 N–H and O–H groups in total. The van der Waals surface area contributed by atoms with Gasteiger partial charge in [-0.25, -0.2) is 0 Å². The standard InChI is InChI=1S/C14H20N4O2S/c1-7-8(2)17-18-13-9(7)10(15)11(21-13)12(19)16-6-14(3,4)20-5/h6,15H2,1-5H3,(H,16,19). The molecule has 0 spiro atoms. The molecular formula is C14H20N4O2S. The largest absolute Gasteiger partial charge is 0.397 e. The summed E-state index contributed by atoms with van der Waals surface area (Å²) in [5.41, 5.74) is 7.96. The highest BCUT2D eigenvalue weighted by atomic mass is 32.1. The molecule has 6 nitrogen and oxygen atoms in total. The number of methoxy groups -OCH3 is 1. The molecule has 2 rings (SSSR count). The van der Waals surface area contributed by atoms with E-state index in [1.54, 1.807) is 7.11 Å². The number of nitrogens with one attached hydrogen (secondary N) is 1. The molecule has 0 fully saturated rings. The topological polar surface area (TPSA) is 90.1 Å². The van der Waals surface area contributed by atoms with E-state index in [0.717, 1.165) is 16.6 Å². The van der Waals surface area contributed by atoms with E-state index >= 15 is 0 Å². The van der Waals surface area contributed by atoms with Crippen molar-refractivity contribution in [3.05, 3.63) is 16.1 Å². The lowest BCUT2D eigenvalue weighted by Gasteiger charge is -2.22. The summed E-state index contributed by atoms with van der Waals surface area (Å²) in [6.45, 7) is 8.02. The van der Waals surface area contributed by atoms with E-state index in [-0.39, 0.29) is 5.91 Å². The number of nitrogen functional groups attached to an aromatic ring is 1. The average molecular weight is 308 g/mol. The number of fused-ring (bicyclic) bond motifs is 1. The fourth-order valence-electron chi connectivity index (χ4n) is 1.85. The Morgan fingerprint density at radius 1 is 1.38 bits per heavy atom. The first kappa shape index (κ1) is 15.7. The summed E-state index contributed by atoms with van der Waals surface area (Å²) in [6.07, 6.45) is 0. The van der Waals surface area contributed by atoms with Gasteiger partial charge in [-0.2, -0.15) is 5.10 Å². The first-order valence-corrected chi connectivity index (χ1v) is 7.43. The number of anilines is 1. The molecule has 0 aliphatic carbocycles. The van der Waals surface area contributed by atoms with Gasteiger partial charge >= 0.3 is 0 Å². The van der Waals surface area contributed by atoms with Gasteiger partial charge in [0.2, 0.25) is 0 Å². The van der Waals surface area contributed by atoms with Gasteiger partial charge in [0.15, 0.2) is 0 Å². The molecule has 2 heterocycles. The molecule has 7 heteroatoms. The van der Waals surface area contributed by atoms with Crippen LogP contribution in [-0.2, 0) is 4.74 Å². The van der Waals surface area contributed by atoms with Gasteiger partial charge in [-0.15, -0.1) is 16.4 Å². The third-order valence-corrected chi connectivity index (χ3v) is 4.66. The molecule has 0 aliphatic heterocycles. The second-order valence-corrected chi connectivity index (χ2v) is 6.58. The van der Waals surface area contributed by atoms with Crippen molar-refractivity contribution in [1.82, 2.24) is 15.5 Å². The molecule has 0 aliphatic rings. The Hall–Kier alpha value is -1.73. The minimum absolute atomic E-state index is 0.210. The second-order valence-electron chi connectivity index (χ2n) is 5.58. The monoisotopic (exact) mass is 308 g/mol. The molecule has 0 bridgehead atoms. The fraction of sp³-hybridized carbons (Fsp3) is 0.500. The predicted octanol–water partition coefficient (Wildman–Crippen LogP) is 2.05. The van der Waals surface area contributed by atoms with E-state index in [1.165, 1.54) is 11.3 Å². The minimum Gasteiger partial charge on any atom is -0.397 e. The SMILES string of the molecule is COC(C)(C)CNC(=O)c1sc2nnc(C)c(C)c2c1N. The van der Waals surface area contributed by atoms with E-state index < -0.39 is 5.60 Å². The van der Waals surface area contributed by atoms with Crippen LogP contribution in [0.15, 0.2) is 0 Å². The quantitative estimate of drug-likeness (QED) is 0.902. The average Bonchev–Trinajstić information content (AvgIpc) is 2.78. The summed E-state index contributed by atoms with van der Waals surface area (Å²) >= 11 is 1.26. The Balaban J connectivity index is 2.33. The zero-order chi connectivity index (χ0) is 15.8. The third kappa shape index (κ3) is 2.98. The number of carbonyl (C=O) groups is 1. The molecule has 2 aromatic heterocycles. The van der Waals surface area contributed by atoms with Crippen LogP contribution in [0.4, 0.5) is 5.69 Å². The number of nitrogens with zero attached hydrogens (tertiary/aromatic N) is 2. The van der Waals surface area contributed by atoms with Crippen molar-refractivity contribution in [3.8, 4) is 0 Å². The summed E-state index contributed by atoms with van der Waals surface area (Å²) in [5, 5.41) is 11.9. The van der Waals surface area contributed by atoms with Crippen LogP contribution < -0.4 is 11.1 Å². The zero-order valence-electron chi connectivity index (χ0n) is 12.9. The van der Waals surface area contributed by atoms with Crippen LogP contribution in [0.5, 0.6) is 0 Å². The maximum absolute atomic E-state index is 12.3. The number of nitrogens with two attached hydrogens (primary N) is 1. The Morgan fingerprint density at radius 3 is 2.67 bits per heavy atom. The van der Waals surface area contributed by atoms with Crippen LogP contribution in [0.3, 0.4) is 0 Å². The van der Waals surface area contributed by atoms with Crippen molar-refractivity contribution >= 4 is 33.1 Å². The van der Waals surface area contributed by atoms with Gasteiger partial charge in [-0.3, -0.25) is 4.79 Å². The number of thiophene rings is 1. The summed E-state index contributed by atoms with van der Waals surface area (Å²) in [6, 6.07) is 0. The van der Waals surface area contributed by atoms with E-state index in [2.05, 4.69) is 15.5 Å². The zero-order valence-corrected chi connectivity index (χ0v) is 13.7. The van der Waals surface area contributed by atoms with Gasteiger partial charge in [0, 0.05) is 19.0 Å². The number of hydrogen-bond donors (Lipinski definition) is 2. The molecule has 1 amide bonds. The molecule has 0 saturated heterocycles. The normalized spacial score (nSPS) is 11.9. The van der Waals surface area contributed by atoms with E-state index in [0.29, 0.717) is 21.9 Å². The van der Waals surface area contributed by atoms with Gasteiger partial charge in [-0.1, -0.05) is 0 Å². The van der Waals surface area contributed by atoms with E-state index in [4.69, 9.17) is 10.5 Å². The predicted molar refractivity (Wildman–Crippen MR) is 84.7 cm³/mol. The summed E-state index contributed by atoms with van der Waals surface area (Å²) < 4.78 is 5.28. The lowest BCUT2D eigenvalue weighted by atomic mass is 10.1. The van der Waals surface area contributed by atoms with Gasteiger partial charge in [-0.05, 0) is 33.3 Å². The van der Waals surface area contributed by atoms with Crippen molar-refractivity contribution in [2.45, 2.75) is 33.3 Å². The van der Waals surface area contributed by atoms with Crippen LogP contribution in [-0.4, -0.2) is 35.4 Å². The van der Waals surface area contributed by atoms with Crippen molar-refractivity contribution in [1.29, 1.82) is 0 Å². The molecule has 0 saturated carbocycles. The van der Waals surface area contributed by atoms with Gasteiger partial charge < -0.3 is 15.8 Å². The maximum atomic E-state index is 12.3. The smallest absolute Gasteiger partial charge is 0.263 e. The molecule has 0 atom stereocenters. The van der Waals surface area contributed by atoms with Crippen LogP contribution >= 0.6 is 11.3 Å². The Labute approximate surface area is 127 Å². The van der Waals surface area contributed by atoms with Gasteiger partial charge in [0.1, 0.15) is 9.71 Å². The minimum atomic E-state index is -0.423. The van der Waals surface area contributed by atoms with E-state index in [9.17, 15) is 4.79 Å². The van der Waals surface area contributed by atoms with Crippen LogP contribution in [0, 0.1) is 13.8 Å². The number of hydrogen-bond acceptors (Lipinski definition) is 6. The number of amides is 1. The Kier molecular flexibility index (Phi) is 4.15. The lowest BCUT2D eigenvalue weighted by molar-refractivity contribution is 0.0229. The van der Waals surface area contributed by atoms with Crippen molar-refractivity contribution in [2.24, 2.45) is 0 Å². The van der Waals surface area contributed by atoms with Gasteiger partial charge in [0.05, 0.1) is 17.0 Å². The highest BCUT2D eigenvalue weighted by Gasteiger charge is 2.22. The Bertz CT molecular complexity index is 694. The highest BCUT2D eigenvalue weighted by Crippen LogP contribution is 2.34. The number of aryl methyl sites for hydroxylation is 2. The van der Waals surface area contributed by atoms with Crippen molar-refractivity contribution in [2.75, 3.05) is 19.4 Å². The fourth-order valence-corrected chi connectivity index (χ4v) is 2.87. The van der Waals surface area contributed by atoms with E-state index in [1.807, 2.05) is 27.7 Å². The molecule has 0 unspecified atom stereocenters. The second kappa shape index (κ2) is 5.57. The molecule has 0 radical (unpaired) electrons. The number of carbonyl (C=O) groups excluding carboxylic acids is 1. The highest BCUT2D eigenvalue weighted by molar-refractivity contribution is 7.21. The Morgan fingerprint density at radius 2 is 2.05 bits per heavy atom. The number of ether oxygens (including phenoxy) is 1. The van der Waals surface area contributed by atoms with Crippen LogP contribution in [0.1, 0.15) is 34.8 Å². The third-order valence-electron chi connectivity index (χ3n) is 3.57. The molecule has 2 aromatic rings. The molecule has 114 valence electrons. The van der Waals surface area contributed by atoms with Crippen molar-refractivity contribution in [3.63, 3.8) is 0 Å². The summed E-state index contributed by atoms with van der Waals surface area (Å²) in [5.74, 6) is -0.210. The molecular weight excluding hydrogens is 288 g/mol. The van der Waals surface area contributed by atoms with Crippen molar-refractivity contribution < 1.29 is 9.53 Å². The number of aromatic nitrogens is 2. The lowest BCUT2D eigenvalue weighted by Crippen LogP contribution is -2.39. The summed E-state index contributed by atoms with van der Waals surface area (Å²) in [4.78, 5) is 13.5. The summed E-state index contributed by atoms with van der Waals surface area (Å²) in [7, 11) is 1.61. The van der Waals surface area contributed by atoms with Gasteiger partial charge in [0.25, 0.3) is 5.91 Å². The number of rotatable bonds is 4. The maximum Gasteiger partial charge on any atom is 0.263 e. The molecule has 0 aromatic carbocycles. The van der Waals surface area contributed by atoms with Crippen LogP contribution in [0.25, 0.3) is 10.2 Å². The van der Waals surface area contributed by atoms with Crippen LogP contribution in [0.2, 0.25) is 0 Å². The first-order valence-electron chi connectivity index (χ1n) is 6.62.